The Bertz CT molecular complexity index is 1780. The summed E-state index contributed by atoms with van der Waals surface area (Å²) in [7, 11) is -9.09. The van der Waals surface area contributed by atoms with Gasteiger partial charge < -0.3 is 9.47 Å². The highest BCUT2D eigenvalue weighted by Gasteiger charge is 2.38. The molecule has 2 N–H and O–H groups in total. The number of benzene rings is 2. The molecule has 0 saturated heterocycles. The van der Waals surface area contributed by atoms with E-state index in [1.165, 1.54) is 36.5 Å². The summed E-state index contributed by atoms with van der Waals surface area (Å²) in [5, 5.41) is 2.02. The summed E-state index contributed by atoms with van der Waals surface area (Å²) in [4.78, 5) is 28.0. The Labute approximate surface area is 251 Å². The van der Waals surface area contributed by atoms with E-state index in [1.54, 1.807) is 20.8 Å². The zero-order valence-electron chi connectivity index (χ0n) is 23.5. The predicted octanol–water partition coefficient (Wildman–Crippen LogP) is 4.30. The number of carbonyl (C=O) groups is 2. The molecule has 3 aromatic rings. The highest BCUT2D eigenvalue weighted by Crippen LogP contribution is 2.40. The van der Waals surface area contributed by atoms with Crippen LogP contribution in [0.15, 0.2) is 76.8 Å². The van der Waals surface area contributed by atoms with Crippen molar-refractivity contribution in [2.75, 3.05) is 16.2 Å². The number of rotatable bonds is 7. The van der Waals surface area contributed by atoms with E-state index in [-0.39, 0.29) is 17.1 Å². The molecule has 12 nitrogen and oxygen atoms in total. The van der Waals surface area contributed by atoms with Gasteiger partial charge in [-0.1, -0.05) is 12.1 Å². The molecule has 4 rings (SSSR count). The Hall–Kier alpha value is -4.38. The molecule has 0 bridgehead atoms. The smallest absolute Gasteiger partial charge is 0.416 e. The summed E-state index contributed by atoms with van der Waals surface area (Å²) < 4.78 is 106. The first-order chi connectivity index (χ1) is 20.3. The van der Waals surface area contributed by atoms with E-state index in [0.29, 0.717) is 12.1 Å². The maximum Gasteiger partial charge on any atom is 0.416 e. The number of anilines is 2. The van der Waals surface area contributed by atoms with Crippen molar-refractivity contribution in [3.63, 3.8) is 0 Å². The molecule has 0 unspecified atom stereocenters. The van der Waals surface area contributed by atoms with Crippen LogP contribution in [-0.4, -0.2) is 52.1 Å². The van der Waals surface area contributed by atoms with E-state index in [9.17, 15) is 39.6 Å². The number of nitrogens with one attached hydrogen (secondary N) is 2. The fraction of sp³-hybridized carbons (Fsp3) is 0.296. The molecule has 236 valence electrons. The standard InChI is InChI=1S/C27H27F3N4O8S2/c1-26(2,3)42-25(36)32-18-10-11-22-21(14-18)34(44(39,40)20-8-6-7-17(13-20)27(28,29)30)16-19(41-22)15-23(35)33-43(37,38)24-9-4-5-12-31-24/h4-14,19H,15-16H2,1-3H3,(H,32,36)(H,33,35)/t19-/m0/s1. The van der Waals surface area contributed by atoms with Gasteiger partial charge in [-0.05, 0) is 69.3 Å². The minimum absolute atomic E-state index is 0.0727. The third kappa shape index (κ3) is 7.76. The number of hydrogen-bond donors (Lipinski definition) is 2. The number of amides is 2. The van der Waals surface area contributed by atoms with Crippen molar-refractivity contribution in [1.82, 2.24) is 9.71 Å². The van der Waals surface area contributed by atoms with Crippen molar-refractivity contribution in [3.8, 4) is 5.75 Å². The van der Waals surface area contributed by atoms with Crippen LogP contribution in [0.5, 0.6) is 5.75 Å². The van der Waals surface area contributed by atoms with Crippen LogP contribution in [0.3, 0.4) is 0 Å². The third-order valence-electron chi connectivity index (χ3n) is 5.86. The molecular formula is C27H27F3N4O8S2. The number of aromatic nitrogens is 1. The van der Waals surface area contributed by atoms with Crippen molar-refractivity contribution < 1.29 is 49.1 Å². The summed E-state index contributed by atoms with van der Waals surface area (Å²) >= 11 is 0. The molecule has 2 heterocycles. The Balaban J connectivity index is 1.68. The number of nitrogens with zero attached hydrogens (tertiary/aromatic N) is 2. The molecule has 0 aliphatic carbocycles. The highest BCUT2D eigenvalue weighted by atomic mass is 32.2. The number of alkyl halides is 3. The normalized spacial score (nSPS) is 15.5. The molecule has 1 aliphatic rings. The molecule has 2 aromatic carbocycles. The first-order valence-electron chi connectivity index (χ1n) is 12.8. The van der Waals surface area contributed by atoms with Gasteiger partial charge in [0.05, 0.1) is 29.1 Å². The van der Waals surface area contributed by atoms with Crippen LogP contribution in [0, 0.1) is 0 Å². The molecule has 0 saturated carbocycles. The Morgan fingerprint density at radius 2 is 1.75 bits per heavy atom. The van der Waals surface area contributed by atoms with Crippen molar-refractivity contribution >= 4 is 43.4 Å². The molecule has 0 fully saturated rings. The fourth-order valence-electron chi connectivity index (χ4n) is 4.06. The van der Waals surface area contributed by atoms with Crippen molar-refractivity contribution in [2.45, 2.75) is 55.0 Å². The van der Waals surface area contributed by atoms with Gasteiger partial charge in [0.15, 0.2) is 5.03 Å². The monoisotopic (exact) mass is 656 g/mol. The molecule has 1 aliphatic heterocycles. The number of fused-ring (bicyclic) bond motifs is 1. The number of sulfonamides is 2. The fourth-order valence-corrected chi connectivity index (χ4v) is 6.55. The lowest BCUT2D eigenvalue weighted by Gasteiger charge is -2.35. The zero-order valence-corrected chi connectivity index (χ0v) is 25.1. The van der Waals surface area contributed by atoms with E-state index < -0.39 is 78.4 Å². The van der Waals surface area contributed by atoms with Gasteiger partial charge in [-0.25, -0.2) is 22.9 Å². The van der Waals surface area contributed by atoms with Gasteiger partial charge in [0.2, 0.25) is 5.91 Å². The Kier molecular flexibility index (Phi) is 8.84. The summed E-state index contributed by atoms with van der Waals surface area (Å²) in [5.41, 5.74) is -2.14. The molecule has 2 amide bonds. The van der Waals surface area contributed by atoms with Crippen LogP contribution in [0.2, 0.25) is 0 Å². The number of hydrogen-bond acceptors (Lipinski definition) is 9. The minimum Gasteiger partial charge on any atom is -0.486 e. The molecular weight excluding hydrogens is 629 g/mol. The van der Waals surface area contributed by atoms with Crippen LogP contribution >= 0.6 is 0 Å². The van der Waals surface area contributed by atoms with Gasteiger partial charge in [0.25, 0.3) is 20.0 Å². The second-order valence-electron chi connectivity index (χ2n) is 10.5. The Morgan fingerprint density at radius 1 is 1.02 bits per heavy atom. The van der Waals surface area contributed by atoms with Crippen molar-refractivity contribution in [3.05, 3.63) is 72.4 Å². The summed E-state index contributed by atoms with van der Waals surface area (Å²) in [6.45, 7) is 4.30. The van der Waals surface area contributed by atoms with Gasteiger partial charge in [0, 0.05) is 11.9 Å². The minimum atomic E-state index is -4.83. The molecule has 0 spiro atoms. The lowest BCUT2D eigenvalue weighted by atomic mass is 10.1. The first-order valence-corrected chi connectivity index (χ1v) is 15.7. The second-order valence-corrected chi connectivity index (χ2v) is 14.0. The maximum atomic E-state index is 13.8. The van der Waals surface area contributed by atoms with E-state index >= 15 is 0 Å². The third-order valence-corrected chi connectivity index (χ3v) is 8.92. The van der Waals surface area contributed by atoms with Crippen molar-refractivity contribution in [1.29, 1.82) is 0 Å². The number of carbonyl (C=O) groups excluding carboxylic acids is 2. The van der Waals surface area contributed by atoms with Gasteiger partial charge in [0.1, 0.15) is 17.5 Å². The zero-order chi connectivity index (χ0) is 32.5. The summed E-state index contributed by atoms with van der Waals surface area (Å²) in [6, 6.07) is 11.0. The van der Waals surface area contributed by atoms with E-state index in [2.05, 4.69) is 10.3 Å². The van der Waals surface area contributed by atoms with E-state index in [0.717, 1.165) is 22.5 Å². The van der Waals surface area contributed by atoms with Crippen LogP contribution < -0.4 is 19.1 Å². The lowest BCUT2D eigenvalue weighted by molar-refractivity contribution is -0.137. The average molecular weight is 657 g/mol. The van der Waals surface area contributed by atoms with Gasteiger partial charge in [-0.15, -0.1) is 0 Å². The molecule has 1 aromatic heterocycles. The molecule has 0 radical (unpaired) electrons. The quantitative estimate of drug-likeness (QED) is 0.378. The SMILES string of the molecule is CC(C)(C)OC(=O)Nc1ccc2c(c1)N(S(=O)(=O)c1cccc(C(F)(F)F)c1)C[C@H](CC(=O)NS(=O)(=O)c1ccccn1)O2. The van der Waals surface area contributed by atoms with Crippen LogP contribution in [0.1, 0.15) is 32.8 Å². The molecule has 44 heavy (non-hydrogen) atoms. The van der Waals surface area contributed by atoms with Crippen molar-refractivity contribution in [2.24, 2.45) is 0 Å². The summed E-state index contributed by atoms with van der Waals surface area (Å²) in [5.74, 6) is -1.16. The Morgan fingerprint density at radius 3 is 2.39 bits per heavy atom. The topological polar surface area (TPSA) is 161 Å². The van der Waals surface area contributed by atoms with E-state index in [4.69, 9.17) is 9.47 Å². The van der Waals surface area contributed by atoms with Gasteiger partial charge in [-0.2, -0.15) is 21.6 Å². The first kappa shape index (κ1) is 32.5. The predicted molar refractivity (Wildman–Crippen MR) is 151 cm³/mol. The lowest BCUT2D eigenvalue weighted by Crippen LogP contribution is -2.46. The number of halogens is 3. The van der Waals surface area contributed by atoms with Crippen LogP contribution in [-0.2, 0) is 35.8 Å². The second kappa shape index (κ2) is 12.0. The van der Waals surface area contributed by atoms with E-state index in [1.807, 2.05) is 4.72 Å². The average Bonchev–Trinajstić information content (AvgIpc) is 2.91. The van der Waals surface area contributed by atoms with Gasteiger partial charge >= 0.3 is 12.3 Å². The molecule has 1 atom stereocenters. The maximum absolute atomic E-state index is 13.8. The molecule has 17 heteroatoms. The van der Waals surface area contributed by atoms with Gasteiger partial charge in [-0.3, -0.25) is 14.4 Å². The number of pyridine rings is 1. The summed E-state index contributed by atoms with van der Waals surface area (Å²) in [6.07, 6.45) is -6.41. The largest absolute Gasteiger partial charge is 0.486 e. The highest BCUT2D eigenvalue weighted by molar-refractivity contribution is 7.92. The van der Waals surface area contributed by atoms with Crippen LogP contribution in [0.25, 0.3) is 0 Å². The number of ether oxygens (including phenoxy) is 2. The van der Waals surface area contributed by atoms with Crippen LogP contribution in [0.4, 0.5) is 29.3 Å².